The zero-order chi connectivity index (χ0) is 17.5. The van der Waals surface area contributed by atoms with Crippen molar-refractivity contribution >= 4 is 5.82 Å². The Hall–Kier alpha value is -1.91. The molecule has 1 aromatic heterocycles. The number of rotatable bonds is 7. The summed E-state index contributed by atoms with van der Waals surface area (Å²) in [5, 5.41) is 3.92. The van der Waals surface area contributed by atoms with Crippen LogP contribution in [0.4, 0.5) is 5.82 Å². The number of pyridine rings is 1. The number of benzene rings is 1. The van der Waals surface area contributed by atoms with Gasteiger partial charge in [-0.2, -0.15) is 0 Å². The van der Waals surface area contributed by atoms with Gasteiger partial charge >= 0.3 is 0 Å². The molecule has 1 saturated heterocycles. The van der Waals surface area contributed by atoms with Crippen LogP contribution in [0, 0.1) is 0 Å². The maximum Gasteiger partial charge on any atom is 0.128 e. The number of aromatic nitrogens is 1. The topological polar surface area (TPSA) is 31.4 Å². The summed E-state index contributed by atoms with van der Waals surface area (Å²) >= 11 is 0. The van der Waals surface area contributed by atoms with Gasteiger partial charge in [0.15, 0.2) is 0 Å². The molecular formula is C21H30N4. The van der Waals surface area contributed by atoms with Gasteiger partial charge in [-0.3, -0.25) is 0 Å². The fourth-order valence-electron chi connectivity index (χ4n) is 3.66. The number of nitrogens with zero attached hydrogens (tertiary/aromatic N) is 3. The molecule has 0 bridgehead atoms. The Balaban J connectivity index is 1.54. The molecule has 1 aliphatic heterocycles. The van der Waals surface area contributed by atoms with Crippen LogP contribution in [0.1, 0.15) is 18.4 Å². The van der Waals surface area contributed by atoms with Crippen LogP contribution in [0.25, 0.3) is 0 Å². The second-order valence-electron chi connectivity index (χ2n) is 7.26. The molecule has 2 heterocycles. The molecule has 4 heteroatoms. The first-order valence-electron chi connectivity index (χ1n) is 9.31. The summed E-state index contributed by atoms with van der Waals surface area (Å²) in [6, 6.07) is 18.1. The van der Waals surface area contributed by atoms with E-state index in [2.05, 4.69) is 76.7 Å². The lowest BCUT2D eigenvalue weighted by molar-refractivity contribution is 0.294. The van der Waals surface area contributed by atoms with Crippen molar-refractivity contribution in [3.63, 3.8) is 0 Å². The summed E-state index contributed by atoms with van der Waals surface area (Å²) in [4.78, 5) is 9.16. The van der Waals surface area contributed by atoms with Gasteiger partial charge < -0.3 is 15.1 Å². The van der Waals surface area contributed by atoms with Gasteiger partial charge in [-0.1, -0.05) is 36.4 Å². The number of likely N-dealkylation sites (N-methyl/N-ethyl adjacent to an activating group) is 1. The summed E-state index contributed by atoms with van der Waals surface area (Å²) in [6.45, 7) is 3.22. The third kappa shape index (κ3) is 5.55. The Morgan fingerprint density at radius 2 is 1.80 bits per heavy atom. The van der Waals surface area contributed by atoms with Crippen LogP contribution in [0.15, 0.2) is 54.7 Å². The SMILES string of the molecule is CN(C)CC(Cc1ccccc1)NC1CCN(c2ccccn2)CC1. The number of hydrogen-bond acceptors (Lipinski definition) is 4. The molecule has 0 aliphatic carbocycles. The standard InChI is InChI=1S/C21H30N4/c1-24(2)17-20(16-18-8-4-3-5-9-18)23-19-11-14-25(15-12-19)21-10-6-7-13-22-21/h3-10,13,19-20,23H,11-12,14-17H2,1-2H3. The van der Waals surface area contributed by atoms with Crippen LogP contribution in [0.3, 0.4) is 0 Å². The van der Waals surface area contributed by atoms with Crippen LogP contribution >= 0.6 is 0 Å². The quantitative estimate of drug-likeness (QED) is 0.841. The molecule has 1 atom stereocenters. The summed E-state index contributed by atoms with van der Waals surface area (Å²) in [5.74, 6) is 1.11. The van der Waals surface area contributed by atoms with E-state index >= 15 is 0 Å². The fraction of sp³-hybridized carbons (Fsp3) is 0.476. The van der Waals surface area contributed by atoms with Crippen molar-refractivity contribution in [3.8, 4) is 0 Å². The number of nitrogens with one attached hydrogen (secondary N) is 1. The van der Waals surface area contributed by atoms with E-state index < -0.39 is 0 Å². The summed E-state index contributed by atoms with van der Waals surface area (Å²) < 4.78 is 0. The first kappa shape index (κ1) is 17.9. The molecule has 0 radical (unpaired) electrons. The Labute approximate surface area is 151 Å². The first-order chi connectivity index (χ1) is 12.2. The molecule has 0 saturated carbocycles. The third-order valence-corrected chi connectivity index (χ3v) is 4.85. The van der Waals surface area contributed by atoms with Crippen molar-refractivity contribution in [2.24, 2.45) is 0 Å². The summed E-state index contributed by atoms with van der Waals surface area (Å²) in [5.41, 5.74) is 1.41. The van der Waals surface area contributed by atoms with Crippen LogP contribution in [0.2, 0.25) is 0 Å². The lowest BCUT2D eigenvalue weighted by atomic mass is 10.0. The molecule has 2 aromatic rings. The van der Waals surface area contributed by atoms with E-state index in [1.54, 1.807) is 0 Å². The van der Waals surface area contributed by atoms with E-state index in [0.29, 0.717) is 12.1 Å². The minimum Gasteiger partial charge on any atom is -0.357 e. The van der Waals surface area contributed by atoms with E-state index in [4.69, 9.17) is 0 Å². The predicted octanol–water partition coefficient (Wildman–Crippen LogP) is 2.81. The minimum atomic E-state index is 0.490. The van der Waals surface area contributed by atoms with Gasteiger partial charge in [0.05, 0.1) is 0 Å². The highest BCUT2D eigenvalue weighted by Gasteiger charge is 2.22. The molecule has 4 nitrogen and oxygen atoms in total. The smallest absolute Gasteiger partial charge is 0.128 e. The van der Waals surface area contributed by atoms with Crippen LogP contribution in [-0.4, -0.2) is 55.7 Å². The van der Waals surface area contributed by atoms with Gasteiger partial charge in [-0.15, -0.1) is 0 Å². The lowest BCUT2D eigenvalue weighted by Gasteiger charge is -2.36. The van der Waals surface area contributed by atoms with Crippen molar-refractivity contribution in [1.82, 2.24) is 15.2 Å². The van der Waals surface area contributed by atoms with Crippen molar-refractivity contribution in [1.29, 1.82) is 0 Å². The molecule has 1 N–H and O–H groups in total. The summed E-state index contributed by atoms with van der Waals surface area (Å²) in [6.07, 6.45) is 5.32. The molecule has 1 unspecified atom stereocenters. The molecule has 1 fully saturated rings. The van der Waals surface area contributed by atoms with Crippen molar-refractivity contribution in [2.45, 2.75) is 31.3 Å². The van der Waals surface area contributed by atoms with Gasteiger partial charge in [-0.25, -0.2) is 4.98 Å². The van der Waals surface area contributed by atoms with Gasteiger partial charge in [0.1, 0.15) is 5.82 Å². The molecule has 1 aliphatic rings. The highest BCUT2D eigenvalue weighted by atomic mass is 15.2. The van der Waals surface area contributed by atoms with E-state index in [1.807, 2.05) is 12.3 Å². The molecule has 1 aromatic carbocycles. The maximum absolute atomic E-state index is 4.48. The zero-order valence-corrected chi connectivity index (χ0v) is 15.4. The van der Waals surface area contributed by atoms with Gasteiger partial charge in [-0.05, 0) is 51.1 Å². The van der Waals surface area contributed by atoms with Gasteiger partial charge in [0, 0.05) is 37.9 Å². The normalized spacial score (nSPS) is 17.0. The van der Waals surface area contributed by atoms with E-state index in [0.717, 1.165) is 31.9 Å². The highest BCUT2D eigenvalue weighted by molar-refractivity contribution is 5.38. The zero-order valence-electron chi connectivity index (χ0n) is 15.4. The fourth-order valence-corrected chi connectivity index (χ4v) is 3.66. The molecular weight excluding hydrogens is 308 g/mol. The van der Waals surface area contributed by atoms with Gasteiger partial charge in [0.25, 0.3) is 0 Å². The Kier molecular flexibility index (Phi) is 6.42. The lowest BCUT2D eigenvalue weighted by Crippen LogP contribution is -2.50. The van der Waals surface area contributed by atoms with Crippen LogP contribution in [0.5, 0.6) is 0 Å². The monoisotopic (exact) mass is 338 g/mol. The van der Waals surface area contributed by atoms with Crippen molar-refractivity contribution in [2.75, 3.05) is 38.6 Å². The van der Waals surface area contributed by atoms with Gasteiger partial charge in [0.2, 0.25) is 0 Å². The second-order valence-corrected chi connectivity index (χ2v) is 7.26. The molecule has 0 spiro atoms. The summed E-state index contributed by atoms with van der Waals surface area (Å²) in [7, 11) is 4.31. The average molecular weight is 338 g/mol. The van der Waals surface area contributed by atoms with Crippen molar-refractivity contribution < 1.29 is 0 Å². The van der Waals surface area contributed by atoms with E-state index in [9.17, 15) is 0 Å². The maximum atomic E-state index is 4.48. The minimum absolute atomic E-state index is 0.490. The number of anilines is 1. The number of piperidine rings is 1. The highest BCUT2D eigenvalue weighted by Crippen LogP contribution is 2.18. The molecule has 0 amide bonds. The molecule has 134 valence electrons. The third-order valence-electron chi connectivity index (χ3n) is 4.85. The second kappa shape index (κ2) is 8.97. The van der Waals surface area contributed by atoms with E-state index in [-0.39, 0.29) is 0 Å². The predicted molar refractivity (Wildman–Crippen MR) is 105 cm³/mol. The first-order valence-corrected chi connectivity index (χ1v) is 9.31. The Bertz CT molecular complexity index is 606. The Morgan fingerprint density at radius 3 is 2.44 bits per heavy atom. The van der Waals surface area contributed by atoms with Crippen LogP contribution in [-0.2, 0) is 6.42 Å². The largest absolute Gasteiger partial charge is 0.357 e. The Morgan fingerprint density at radius 1 is 1.08 bits per heavy atom. The molecule has 25 heavy (non-hydrogen) atoms. The molecule has 3 rings (SSSR count). The van der Waals surface area contributed by atoms with Crippen molar-refractivity contribution in [3.05, 3.63) is 60.3 Å². The number of hydrogen-bond donors (Lipinski definition) is 1. The average Bonchev–Trinajstić information content (AvgIpc) is 2.63. The van der Waals surface area contributed by atoms with Crippen LogP contribution < -0.4 is 10.2 Å². The van der Waals surface area contributed by atoms with E-state index in [1.165, 1.54) is 18.4 Å².